The zero-order valence-electron chi connectivity index (χ0n) is 26.4. The first-order valence-electron chi connectivity index (χ1n) is 15.9. The molecule has 0 amide bonds. The van der Waals surface area contributed by atoms with Crippen LogP contribution < -0.4 is 0 Å². The summed E-state index contributed by atoms with van der Waals surface area (Å²) in [7, 11) is 0. The van der Waals surface area contributed by atoms with E-state index in [0.29, 0.717) is 0 Å². The minimum atomic E-state index is -0.405. The van der Waals surface area contributed by atoms with Crippen LogP contribution in [0.2, 0.25) is 0 Å². The Bertz CT molecular complexity index is 2680. The van der Waals surface area contributed by atoms with Gasteiger partial charge < -0.3 is 9.13 Å². The third kappa shape index (κ3) is 2.88. The fraction of sp³-hybridized carbons (Fsp3) is 0. The maximum absolute atomic E-state index is 8.96. The van der Waals surface area contributed by atoms with Crippen molar-refractivity contribution >= 4 is 65.2 Å². The Morgan fingerprint density at radius 3 is 1.98 bits per heavy atom. The quantitative estimate of drug-likeness (QED) is 0.204. The maximum atomic E-state index is 8.96. The van der Waals surface area contributed by atoms with E-state index >= 15 is 0 Å². The van der Waals surface area contributed by atoms with Crippen molar-refractivity contribution < 1.29 is 6.85 Å². The lowest BCUT2D eigenvalue weighted by molar-refractivity contribution is 1.16. The van der Waals surface area contributed by atoms with Crippen LogP contribution in [0.15, 0.2) is 145 Å². The van der Waals surface area contributed by atoms with E-state index in [2.05, 4.69) is 77.4 Å². The third-order valence-electron chi connectivity index (χ3n) is 8.17. The molecule has 0 aliphatic carbocycles. The van der Waals surface area contributed by atoms with Gasteiger partial charge in [0.1, 0.15) is 0 Å². The van der Waals surface area contributed by atoms with Gasteiger partial charge in [-0.15, -0.1) is 0 Å². The largest absolute Gasteiger partial charge is 0.309 e. The molecule has 40 heavy (non-hydrogen) atoms. The van der Waals surface area contributed by atoms with Crippen LogP contribution in [0.5, 0.6) is 0 Å². The summed E-state index contributed by atoms with van der Waals surface area (Å²) in [5.41, 5.74) is 4.77. The van der Waals surface area contributed by atoms with E-state index in [0.717, 1.165) is 70.8 Å². The fourth-order valence-electron chi connectivity index (χ4n) is 6.52. The smallest absolute Gasteiger partial charge is 0.0645 e. The number of hydrogen-bond donors (Lipinski definition) is 0. The van der Waals surface area contributed by atoms with Crippen LogP contribution in [0.25, 0.3) is 76.5 Å². The van der Waals surface area contributed by atoms with Crippen LogP contribution in [0.1, 0.15) is 6.85 Å². The first-order valence-corrected chi connectivity index (χ1v) is 13.4. The predicted molar refractivity (Wildman–Crippen MR) is 170 cm³/mol. The Morgan fingerprint density at radius 1 is 0.400 bits per heavy atom. The number of para-hydroxylation sites is 3. The van der Waals surface area contributed by atoms with Gasteiger partial charge in [0.2, 0.25) is 0 Å². The molecule has 0 N–H and O–H groups in total. The lowest BCUT2D eigenvalue weighted by Crippen LogP contribution is -1.95. The summed E-state index contributed by atoms with van der Waals surface area (Å²) in [6.07, 6.45) is 0. The van der Waals surface area contributed by atoms with E-state index in [-0.39, 0.29) is 29.9 Å². The zero-order chi connectivity index (χ0) is 30.6. The van der Waals surface area contributed by atoms with E-state index in [1.165, 1.54) is 0 Å². The van der Waals surface area contributed by atoms with E-state index in [4.69, 9.17) is 6.85 Å². The lowest BCUT2D eigenvalue weighted by Gasteiger charge is -2.10. The summed E-state index contributed by atoms with van der Waals surface area (Å²) in [6, 6.07) is 38.0. The van der Waals surface area contributed by atoms with Crippen molar-refractivity contribution in [3.8, 4) is 11.4 Å². The van der Waals surface area contributed by atoms with Gasteiger partial charge in [0.05, 0.1) is 28.9 Å². The molecule has 0 spiro atoms. The summed E-state index contributed by atoms with van der Waals surface area (Å²) >= 11 is 0. The van der Waals surface area contributed by atoms with Gasteiger partial charge in [0.15, 0.2) is 0 Å². The topological polar surface area (TPSA) is 9.86 Å². The van der Waals surface area contributed by atoms with Crippen molar-refractivity contribution in [1.82, 2.24) is 9.13 Å². The SMILES string of the molecule is [2H]c1c([2H])c([2H])c(-n2c3cc4c(cc3c3c5ccc6ccccc6c5ccc32)c2ccccc2n4-c2ccccc2)c([2H])c1[2H]. The molecule has 7 aromatic carbocycles. The maximum Gasteiger partial charge on any atom is 0.0645 e. The van der Waals surface area contributed by atoms with Crippen molar-refractivity contribution in [2.45, 2.75) is 0 Å². The van der Waals surface area contributed by atoms with Gasteiger partial charge in [-0.25, -0.2) is 0 Å². The Morgan fingerprint density at radius 2 is 1.10 bits per heavy atom. The van der Waals surface area contributed by atoms with Crippen molar-refractivity contribution in [1.29, 1.82) is 0 Å². The van der Waals surface area contributed by atoms with E-state index in [1.807, 2.05) is 47.0 Å². The van der Waals surface area contributed by atoms with Crippen LogP contribution >= 0.6 is 0 Å². The minimum absolute atomic E-state index is 0.142. The van der Waals surface area contributed by atoms with E-state index in [9.17, 15) is 0 Å². The molecule has 186 valence electrons. The van der Waals surface area contributed by atoms with Gasteiger partial charge in [0, 0.05) is 32.9 Å². The van der Waals surface area contributed by atoms with Gasteiger partial charge >= 0.3 is 0 Å². The molecule has 0 radical (unpaired) electrons. The van der Waals surface area contributed by atoms with Crippen molar-refractivity contribution in [3.63, 3.8) is 0 Å². The predicted octanol–water partition coefficient (Wildman–Crippen LogP) is 10.2. The van der Waals surface area contributed by atoms with Crippen molar-refractivity contribution in [2.75, 3.05) is 0 Å². The van der Waals surface area contributed by atoms with Gasteiger partial charge in [-0.1, -0.05) is 97.0 Å². The molecule has 0 saturated heterocycles. The molecule has 0 bridgehead atoms. The average molecular weight is 514 g/mol. The van der Waals surface area contributed by atoms with Gasteiger partial charge in [-0.05, 0) is 70.0 Å². The Labute approximate surface area is 237 Å². The second-order valence-corrected chi connectivity index (χ2v) is 10.2. The molecule has 2 heterocycles. The second-order valence-electron chi connectivity index (χ2n) is 10.2. The van der Waals surface area contributed by atoms with E-state index in [1.54, 1.807) is 0 Å². The number of benzene rings is 7. The van der Waals surface area contributed by atoms with E-state index < -0.39 is 6.04 Å². The molecule has 0 aliphatic heterocycles. The summed E-state index contributed by atoms with van der Waals surface area (Å²) in [6.45, 7) is 0. The van der Waals surface area contributed by atoms with Crippen molar-refractivity contribution in [3.05, 3.63) is 145 Å². The van der Waals surface area contributed by atoms with Gasteiger partial charge in [0.25, 0.3) is 0 Å². The molecule has 2 aromatic heterocycles. The van der Waals surface area contributed by atoms with Crippen molar-refractivity contribution in [2.24, 2.45) is 0 Å². The third-order valence-corrected chi connectivity index (χ3v) is 8.17. The molecule has 0 atom stereocenters. The molecule has 2 heteroatoms. The molecule has 2 nitrogen and oxygen atoms in total. The van der Waals surface area contributed by atoms with Gasteiger partial charge in [-0.2, -0.15) is 0 Å². The molecule has 9 aromatic rings. The first-order chi connectivity index (χ1) is 21.9. The summed E-state index contributed by atoms with van der Waals surface area (Å²) < 4.78 is 47.3. The normalized spacial score (nSPS) is 13.8. The molecule has 0 aliphatic rings. The molecule has 9 rings (SSSR count). The zero-order valence-corrected chi connectivity index (χ0v) is 21.4. The van der Waals surface area contributed by atoms with Gasteiger partial charge in [-0.3, -0.25) is 0 Å². The molecule has 0 fully saturated rings. The molecule has 0 unspecified atom stereocenters. The molecular formula is C38H24N2. The molecule has 0 saturated carbocycles. The Hall–Kier alpha value is -5.34. The van der Waals surface area contributed by atoms with Crippen LogP contribution in [0, 0.1) is 0 Å². The van der Waals surface area contributed by atoms with Crippen LogP contribution in [0.4, 0.5) is 0 Å². The first kappa shape index (κ1) is 17.3. The number of nitrogens with zero attached hydrogens (tertiary/aromatic N) is 2. The fourth-order valence-corrected chi connectivity index (χ4v) is 6.52. The van der Waals surface area contributed by atoms with Crippen LogP contribution in [-0.4, -0.2) is 9.13 Å². The monoisotopic (exact) mass is 513 g/mol. The number of aromatic nitrogens is 2. The van der Waals surface area contributed by atoms with Crippen LogP contribution in [-0.2, 0) is 0 Å². The van der Waals surface area contributed by atoms with Crippen LogP contribution in [0.3, 0.4) is 0 Å². The number of hydrogen-bond acceptors (Lipinski definition) is 0. The Balaban J connectivity index is 1.55. The highest BCUT2D eigenvalue weighted by molar-refractivity contribution is 6.28. The summed E-state index contributed by atoms with van der Waals surface area (Å²) in [5.74, 6) is 0. The standard InChI is InChI=1S/C38H24N2/c1-3-12-26(13-4-1)39-34-18-10-9-17-30(34)32-23-33-37(24-36(32)39)40(27-14-5-2-6-15-27)35-22-21-29-28-16-8-7-11-25(28)19-20-31(29)38(33)35/h1-24H/i2D,5D,6D,14D,15D. The second kappa shape index (κ2) is 8.08. The Kier molecular flexibility index (Phi) is 3.49. The highest BCUT2D eigenvalue weighted by atomic mass is 15.0. The summed E-state index contributed by atoms with van der Waals surface area (Å²) in [4.78, 5) is 0. The summed E-state index contributed by atoms with van der Waals surface area (Å²) in [5, 5.41) is 8.59. The number of fused-ring (bicyclic) bond motifs is 10. The highest BCUT2D eigenvalue weighted by Gasteiger charge is 2.20. The molecular weight excluding hydrogens is 484 g/mol. The lowest BCUT2D eigenvalue weighted by atomic mass is 9.98. The number of rotatable bonds is 2. The highest BCUT2D eigenvalue weighted by Crippen LogP contribution is 2.42. The average Bonchev–Trinajstić information content (AvgIpc) is 3.58. The minimum Gasteiger partial charge on any atom is -0.309 e.